The van der Waals surface area contributed by atoms with Gasteiger partial charge in [0.25, 0.3) is 0 Å². The molecule has 6 nitrogen and oxygen atoms in total. The van der Waals surface area contributed by atoms with E-state index in [4.69, 9.17) is 4.74 Å². The van der Waals surface area contributed by atoms with E-state index >= 15 is 0 Å². The minimum atomic E-state index is -0.214. The fraction of sp³-hybridized carbons (Fsp3) is 0.467. The number of rotatable bonds is 6. The summed E-state index contributed by atoms with van der Waals surface area (Å²) >= 11 is 0. The standard InChI is InChI=1S/C15H21N3O3/c1-10(2)7-16-15(20)8-18-13-5-4-11(21-3)6-12(13)17-14(18)9-19/h4-6,10,19H,7-9H2,1-3H3,(H,16,20). The number of carbonyl (C=O) groups is 1. The number of methoxy groups -OCH3 is 1. The Bertz CT molecular complexity index is 634. The number of aromatic nitrogens is 2. The van der Waals surface area contributed by atoms with Gasteiger partial charge < -0.3 is 19.7 Å². The van der Waals surface area contributed by atoms with E-state index in [0.717, 1.165) is 5.52 Å². The Morgan fingerprint density at radius 2 is 2.24 bits per heavy atom. The second-order valence-corrected chi connectivity index (χ2v) is 5.32. The van der Waals surface area contributed by atoms with E-state index in [-0.39, 0.29) is 19.1 Å². The summed E-state index contributed by atoms with van der Waals surface area (Å²) in [6.45, 7) is 4.64. The number of imidazole rings is 1. The van der Waals surface area contributed by atoms with E-state index in [0.29, 0.717) is 29.6 Å². The van der Waals surface area contributed by atoms with Crippen molar-refractivity contribution in [3.63, 3.8) is 0 Å². The van der Waals surface area contributed by atoms with E-state index in [1.807, 2.05) is 26.0 Å². The van der Waals surface area contributed by atoms with E-state index in [2.05, 4.69) is 10.3 Å². The van der Waals surface area contributed by atoms with Crippen molar-refractivity contribution in [3.8, 4) is 5.75 Å². The van der Waals surface area contributed by atoms with Crippen LogP contribution in [0.4, 0.5) is 0 Å². The molecule has 0 saturated heterocycles. The lowest BCUT2D eigenvalue weighted by atomic mass is 10.2. The van der Waals surface area contributed by atoms with Crippen molar-refractivity contribution in [2.45, 2.75) is 27.0 Å². The Labute approximate surface area is 123 Å². The number of aliphatic hydroxyl groups excluding tert-OH is 1. The Hall–Kier alpha value is -2.08. The maximum absolute atomic E-state index is 12.0. The first kappa shape index (κ1) is 15.3. The van der Waals surface area contributed by atoms with Crippen molar-refractivity contribution < 1.29 is 14.6 Å². The topological polar surface area (TPSA) is 76.4 Å². The molecule has 1 aromatic heterocycles. The molecule has 6 heteroatoms. The summed E-state index contributed by atoms with van der Waals surface area (Å²) < 4.78 is 6.89. The van der Waals surface area contributed by atoms with Gasteiger partial charge in [-0.1, -0.05) is 13.8 Å². The van der Waals surface area contributed by atoms with Crippen molar-refractivity contribution in [1.29, 1.82) is 0 Å². The molecule has 0 atom stereocenters. The zero-order valence-corrected chi connectivity index (χ0v) is 12.6. The monoisotopic (exact) mass is 291 g/mol. The van der Waals surface area contributed by atoms with Crippen LogP contribution < -0.4 is 10.1 Å². The largest absolute Gasteiger partial charge is 0.497 e. The molecule has 2 aromatic rings. The third kappa shape index (κ3) is 3.52. The number of ether oxygens (including phenoxy) is 1. The minimum absolute atomic E-state index is 0.0893. The van der Waals surface area contributed by atoms with Gasteiger partial charge in [-0.15, -0.1) is 0 Å². The second kappa shape index (κ2) is 6.58. The van der Waals surface area contributed by atoms with Gasteiger partial charge in [0, 0.05) is 12.6 Å². The molecule has 1 amide bonds. The highest BCUT2D eigenvalue weighted by atomic mass is 16.5. The number of hydrogen-bond donors (Lipinski definition) is 2. The SMILES string of the molecule is COc1ccc2c(c1)nc(CO)n2CC(=O)NCC(C)C. The molecule has 0 bridgehead atoms. The quantitative estimate of drug-likeness (QED) is 0.841. The number of hydrogen-bond acceptors (Lipinski definition) is 4. The van der Waals surface area contributed by atoms with Gasteiger partial charge in [-0.05, 0) is 18.1 Å². The third-order valence-electron chi connectivity index (χ3n) is 3.19. The molecule has 0 aliphatic carbocycles. The number of benzene rings is 1. The normalized spacial score (nSPS) is 11.1. The molecule has 2 N–H and O–H groups in total. The lowest BCUT2D eigenvalue weighted by Gasteiger charge is -2.10. The van der Waals surface area contributed by atoms with Crippen molar-refractivity contribution in [2.75, 3.05) is 13.7 Å². The second-order valence-electron chi connectivity index (χ2n) is 5.32. The molecule has 1 heterocycles. The number of nitrogens with one attached hydrogen (secondary N) is 1. The predicted molar refractivity (Wildman–Crippen MR) is 80.1 cm³/mol. The van der Waals surface area contributed by atoms with Crippen LogP contribution in [0.2, 0.25) is 0 Å². The van der Waals surface area contributed by atoms with E-state index in [9.17, 15) is 9.90 Å². The summed E-state index contributed by atoms with van der Waals surface area (Å²) in [6.07, 6.45) is 0. The molecular formula is C15H21N3O3. The highest BCUT2D eigenvalue weighted by Crippen LogP contribution is 2.21. The zero-order chi connectivity index (χ0) is 15.4. The van der Waals surface area contributed by atoms with Crippen LogP contribution in [0.5, 0.6) is 5.75 Å². The summed E-state index contributed by atoms with van der Waals surface area (Å²) in [5.74, 6) is 1.47. The third-order valence-corrected chi connectivity index (χ3v) is 3.19. The van der Waals surface area contributed by atoms with Gasteiger partial charge in [0.1, 0.15) is 24.7 Å². The Balaban J connectivity index is 2.27. The summed E-state index contributed by atoms with van der Waals surface area (Å²) in [5.41, 5.74) is 1.51. The van der Waals surface area contributed by atoms with Crippen LogP contribution in [0.15, 0.2) is 18.2 Å². The zero-order valence-electron chi connectivity index (χ0n) is 12.6. The smallest absolute Gasteiger partial charge is 0.240 e. The van der Waals surface area contributed by atoms with Gasteiger partial charge in [0.15, 0.2) is 0 Å². The first-order valence-corrected chi connectivity index (χ1v) is 6.96. The van der Waals surface area contributed by atoms with Gasteiger partial charge in [-0.25, -0.2) is 4.98 Å². The van der Waals surface area contributed by atoms with Gasteiger partial charge in [0.2, 0.25) is 5.91 Å². The minimum Gasteiger partial charge on any atom is -0.497 e. The van der Waals surface area contributed by atoms with Gasteiger partial charge in [-0.2, -0.15) is 0 Å². The maximum Gasteiger partial charge on any atom is 0.240 e. The van der Waals surface area contributed by atoms with Gasteiger partial charge >= 0.3 is 0 Å². The average molecular weight is 291 g/mol. The van der Waals surface area contributed by atoms with Crippen LogP contribution >= 0.6 is 0 Å². The van der Waals surface area contributed by atoms with Crippen LogP contribution in [0, 0.1) is 5.92 Å². The molecule has 2 rings (SSSR count). The Kier molecular flexibility index (Phi) is 4.80. The van der Waals surface area contributed by atoms with E-state index in [1.165, 1.54) is 0 Å². The van der Waals surface area contributed by atoms with E-state index in [1.54, 1.807) is 17.7 Å². The fourth-order valence-corrected chi connectivity index (χ4v) is 2.10. The molecule has 114 valence electrons. The molecule has 0 spiro atoms. The fourth-order valence-electron chi connectivity index (χ4n) is 2.10. The lowest BCUT2D eigenvalue weighted by molar-refractivity contribution is -0.121. The predicted octanol–water partition coefficient (Wildman–Crippen LogP) is 1.31. The van der Waals surface area contributed by atoms with Crippen LogP contribution in [0.3, 0.4) is 0 Å². The summed E-state index contributed by atoms with van der Waals surface area (Å²) in [7, 11) is 1.59. The summed E-state index contributed by atoms with van der Waals surface area (Å²) in [6, 6.07) is 5.45. The van der Waals surface area contributed by atoms with Crippen molar-refractivity contribution in [3.05, 3.63) is 24.0 Å². The highest BCUT2D eigenvalue weighted by molar-refractivity contribution is 5.82. The number of nitrogens with zero attached hydrogens (tertiary/aromatic N) is 2. The van der Waals surface area contributed by atoms with Crippen LogP contribution in [-0.2, 0) is 17.9 Å². The summed E-state index contributed by atoms with van der Waals surface area (Å²) in [5, 5.41) is 12.3. The molecule has 0 aliphatic heterocycles. The number of fused-ring (bicyclic) bond motifs is 1. The van der Waals surface area contributed by atoms with Crippen LogP contribution in [0.1, 0.15) is 19.7 Å². The molecule has 21 heavy (non-hydrogen) atoms. The van der Waals surface area contributed by atoms with E-state index < -0.39 is 0 Å². The van der Waals surface area contributed by atoms with Gasteiger partial charge in [0.05, 0.1) is 18.1 Å². The number of amides is 1. The lowest BCUT2D eigenvalue weighted by Crippen LogP contribution is -2.31. The number of carbonyl (C=O) groups excluding carboxylic acids is 1. The number of aliphatic hydroxyl groups is 1. The van der Waals surface area contributed by atoms with Crippen molar-refractivity contribution in [1.82, 2.24) is 14.9 Å². The first-order chi connectivity index (χ1) is 10.0. The first-order valence-electron chi connectivity index (χ1n) is 6.96. The van der Waals surface area contributed by atoms with Gasteiger partial charge in [-0.3, -0.25) is 4.79 Å². The molecule has 0 aliphatic rings. The molecule has 0 unspecified atom stereocenters. The average Bonchev–Trinajstić information content (AvgIpc) is 2.82. The molecule has 0 fully saturated rings. The van der Waals surface area contributed by atoms with Crippen molar-refractivity contribution >= 4 is 16.9 Å². The molecule has 0 saturated carbocycles. The highest BCUT2D eigenvalue weighted by Gasteiger charge is 2.13. The van der Waals surface area contributed by atoms with Crippen LogP contribution in [0.25, 0.3) is 11.0 Å². The van der Waals surface area contributed by atoms with Crippen LogP contribution in [-0.4, -0.2) is 34.2 Å². The molecule has 1 aromatic carbocycles. The Morgan fingerprint density at radius 1 is 1.48 bits per heavy atom. The summed E-state index contributed by atoms with van der Waals surface area (Å²) in [4.78, 5) is 16.3. The Morgan fingerprint density at radius 3 is 2.86 bits per heavy atom. The molecule has 0 radical (unpaired) electrons. The maximum atomic E-state index is 12.0. The van der Waals surface area contributed by atoms with Crippen molar-refractivity contribution in [2.24, 2.45) is 5.92 Å². The molecular weight excluding hydrogens is 270 g/mol.